The fraction of sp³-hybridized carbons (Fsp3) is 0.571. The van der Waals surface area contributed by atoms with E-state index < -0.39 is 5.95 Å². The molecule has 1 amide bonds. The van der Waals surface area contributed by atoms with Crippen molar-refractivity contribution < 1.29 is 9.18 Å². The van der Waals surface area contributed by atoms with E-state index in [-0.39, 0.29) is 11.5 Å². The molecule has 4 atom stereocenters. The average molecular weight is 246 g/mol. The Balaban J connectivity index is 1.48. The van der Waals surface area contributed by atoms with Crippen LogP contribution in [0.5, 0.6) is 0 Å². The van der Waals surface area contributed by atoms with E-state index in [4.69, 9.17) is 0 Å². The van der Waals surface area contributed by atoms with E-state index in [2.05, 4.69) is 10.3 Å². The van der Waals surface area contributed by atoms with Crippen molar-refractivity contribution in [1.82, 2.24) is 10.3 Å². The second kappa shape index (κ2) is 3.53. The lowest BCUT2D eigenvalue weighted by atomic mass is 10.0. The lowest BCUT2D eigenvalue weighted by Crippen LogP contribution is -2.30. The van der Waals surface area contributed by atoms with E-state index in [1.165, 1.54) is 31.5 Å². The topological polar surface area (TPSA) is 42.0 Å². The number of carbonyl (C=O) groups is 1. The number of hydrogen-bond acceptors (Lipinski definition) is 2. The minimum absolute atomic E-state index is 0.0646. The Kier molecular flexibility index (Phi) is 2.05. The fourth-order valence-corrected chi connectivity index (χ4v) is 4.30. The van der Waals surface area contributed by atoms with E-state index in [0.29, 0.717) is 17.9 Å². The molecule has 3 nitrogen and oxygen atoms in total. The van der Waals surface area contributed by atoms with Crippen LogP contribution in [0, 0.1) is 29.6 Å². The molecule has 4 heteroatoms. The maximum atomic E-state index is 13.4. The molecule has 1 aromatic heterocycles. The lowest BCUT2D eigenvalue weighted by molar-refractivity contribution is 0.0939. The molecule has 0 aromatic carbocycles. The summed E-state index contributed by atoms with van der Waals surface area (Å²) in [4.78, 5) is 15.5. The van der Waals surface area contributed by atoms with Crippen LogP contribution in [-0.4, -0.2) is 16.9 Å². The first-order chi connectivity index (χ1) is 8.75. The van der Waals surface area contributed by atoms with Gasteiger partial charge in [0, 0.05) is 12.2 Å². The van der Waals surface area contributed by atoms with Crippen LogP contribution >= 0.6 is 0 Å². The van der Waals surface area contributed by atoms with E-state index in [0.717, 1.165) is 11.8 Å². The summed E-state index contributed by atoms with van der Waals surface area (Å²) in [6.45, 7) is 0. The Bertz CT molecular complexity index is 502. The summed E-state index contributed by atoms with van der Waals surface area (Å²) in [5.74, 6) is 1.98. The second-order valence-corrected chi connectivity index (χ2v) is 5.83. The molecule has 3 saturated carbocycles. The van der Waals surface area contributed by atoms with Gasteiger partial charge in [0.15, 0.2) is 0 Å². The molecule has 2 bridgehead atoms. The molecular formula is C14H15FN2O. The number of aromatic nitrogens is 1. The second-order valence-electron chi connectivity index (χ2n) is 5.83. The number of amides is 1. The zero-order chi connectivity index (χ0) is 12.3. The SMILES string of the molecule is O=C(NC1C2C3CCC(C3)C12)c1cccnc1F. The first kappa shape index (κ1) is 10.5. The van der Waals surface area contributed by atoms with Crippen molar-refractivity contribution in [3.05, 3.63) is 29.8 Å². The van der Waals surface area contributed by atoms with E-state index in [1.54, 1.807) is 6.07 Å². The molecular weight excluding hydrogens is 231 g/mol. The molecule has 3 aliphatic carbocycles. The molecule has 0 spiro atoms. The van der Waals surface area contributed by atoms with Gasteiger partial charge in [-0.15, -0.1) is 0 Å². The predicted octanol–water partition coefficient (Wildman–Crippen LogP) is 1.99. The van der Waals surface area contributed by atoms with Gasteiger partial charge in [-0.2, -0.15) is 4.39 Å². The summed E-state index contributed by atoms with van der Waals surface area (Å²) in [6.07, 6.45) is 5.35. The number of fused-ring (bicyclic) bond motifs is 5. The van der Waals surface area contributed by atoms with Crippen LogP contribution in [-0.2, 0) is 0 Å². The van der Waals surface area contributed by atoms with Gasteiger partial charge in [0.25, 0.3) is 5.91 Å². The van der Waals surface area contributed by atoms with Gasteiger partial charge in [0.05, 0.1) is 5.56 Å². The van der Waals surface area contributed by atoms with Crippen molar-refractivity contribution in [3.8, 4) is 0 Å². The van der Waals surface area contributed by atoms with Crippen molar-refractivity contribution in [3.63, 3.8) is 0 Å². The molecule has 0 aliphatic heterocycles. The van der Waals surface area contributed by atoms with Crippen molar-refractivity contribution in [1.29, 1.82) is 0 Å². The molecule has 3 fully saturated rings. The lowest BCUT2D eigenvalue weighted by Gasteiger charge is -2.10. The molecule has 1 heterocycles. The Morgan fingerprint density at radius 1 is 1.33 bits per heavy atom. The molecule has 4 unspecified atom stereocenters. The predicted molar refractivity (Wildman–Crippen MR) is 63.3 cm³/mol. The van der Waals surface area contributed by atoms with Gasteiger partial charge in [-0.25, -0.2) is 4.98 Å². The van der Waals surface area contributed by atoms with Crippen LogP contribution in [0.2, 0.25) is 0 Å². The van der Waals surface area contributed by atoms with Crippen molar-refractivity contribution in [2.75, 3.05) is 0 Å². The molecule has 94 valence electrons. The van der Waals surface area contributed by atoms with Gasteiger partial charge >= 0.3 is 0 Å². The third-order valence-electron chi connectivity index (χ3n) is 5.04. The van der Waals surface area contributed by atoms with Gasteiger partial charge in [-0.05, 0) is 55.1 Å². The molecule has 0 radical (unpaired) electrons. The normalized spacial score (nSPS) is 39.5. The molecule has 1 N–H and O–H groups in total. The minimum Gasteiger partial charge on any atom is -0.349 e. The summed E-state index contributed by atoms with van der Waals surface area (Å²) in [5.41, 5.74) is 0.0646. The number of carbonyl (C=O) groups excluding carboxylic acids is 1. The van der Waals surface area contributed by atoms with Crippen LogP contribution in [0.1, 0.15) is 29.6 Å². The Morgan fingerprint density at radius 2 is 2.06 bits per heavy atom. The zero-order valence-corrected chi connectivity index (χ0v) is 9.97. The molecule has 4 rings (SSSR count). The first-order valence-corrected chi connectivity index (χ1v) is 6.67. The summed E-state index contributed by atoms with van der Waals surface area (Å²) >= 11 is 0. The summed E-state index contributed by atoms with van der Waals surface area (Å²) in [7, 11) is 0. The van der Waals surface area contributed by atoms with Crippen molar-refractivity contribution in [2.45, 2.75) is 25.3 Å². The van der Waals surface area contributed by atoms with Crippen molar-refractivity contribution >= 4 is 5.91 Å². The molecule has 18 heavy (non-hydrogen) atoms. The van der Waals surface area contributed by atoms with Crippen LogP contribution in [0.15, 0.2) is 18.3 Å². The number of hydrogen-bond donors (Lipinski definition) is 1. The minimum atomic E-state index is -0.677. The highest BCUT2D eigenvalue weighted by Crippen LogP contribution is 2.65. The zero-order valence-electron chi connectivity index (χ0n) is 9.97. The van der Waals surface area contributed by atoms with Crippen LogP contribution < -0.4 is 5.32 Å². The van der Waals surface area contributed by atoms with Crippen molar-refractivity contribution in [2.24, 2.45) is 23.7 Å². The first-order valence-electron chi connectivity index (χ1n) is 6.67. The Hall–Kier alpha value is -1.45. The fourth-order valence-electron chi connectivity index (χ4n) is 4.30. The van der Waals surface area contributed by atoms with Gasteiger partial charge < -0.3 is 5.32 Å². The van der Waals surface area contributed by atoms with E-state index in [1.807, 2.05) is 0 Å². The Labute approximate surface area is 105 Å². The summed E-state index contributed by atoms with van der Waals surface area (Å²) < 4.78 is 13.4. The molecule has 1 aromatic rings. The maximum absolute atomic E-state index is 13.4. The maximum Gasteiger partial charge on any atom is 0.256 e. The van der Waals surface area contributed by atoms with E-state index in [9.17, 15) is 9.18 Å². The van der Waals surface area contributed by atoms with Gasteiger partial charge in [-0.3, -0.25) is 4.79 Å². The van der Waals surface area contributed by atoms with Gasteiger partial charge in [0.1, 0.15) is 0 Å². The van der Waals surface area contributed by atoms with Crippen LogP contribution in [0.3, 0.4) is 0 Å². The highest BCUT2D eigenvalue weighted by molar-refractivity contribution is 5.94. The van der Waals surface area contributed by atoms with Gasteiger partial charge in [-0.1, -0.05) is 0 Å². The summed E-state index contributed by atoms with van der Waals surface area (Å²) in [6, 6.07) is 3.38. The largest absolute Gasteiger partial charge is 0.349 e. The highest BCUT2D eigenvalue weighted by atomic mass is 19.1. The quantitative estimate of drug-likeness (QED) is 0.811. The highest BCUT2D eigenvalue weighted by Gasteiger charge is 2.65. The average Bonchev–Trinajstić information content (AvgIpc) is 2.77. The number of halogens is 1. The number of nitrogens with zero attached hydrogens (tertiary/aromatic N) is 1. The standard InChI is InChI=1S/C14H15FN2O/c15-13-9(2-1-5-16-13)14(18)17-12-10-7-3-4-8(6-7)11(10)12/h1-2,5,7-8,10-12H,3-4,6H2,(H,17,18). The van der Waals surface area contributed by atoms with E-state index >= 15 is 0 Å². The monoisotopic (exact) mass is 246 g/mol. The molecule has 0 saturated heterocycles. The smallest absolute Gasteiger partial charge is 0.256 e. The number of pyridine rings is 1. The van der Waals surface area contributed by atoms with Gasteiger partial charge in [0.2, 0.25) is 5.95 Å². The third-order valence-corrected chi connectivity index (χ3v) is 5.04. The Morgan fingerprint density at radius 3 is 2.72 bits per heavy atom. The van der Waals surface area contributed by atoms with Crippen LogP contribution in [0.25, 0.3) is 0 Å². The van der Waals surface area contributed by atoms with Crippen LogP contribution in [0.4, 0.5) is 4.39 Å². The number of nitrogens with one attached hydrogen (secondary N) is 1. The summed E-state index contributed by atoms with van der Waals surface area (Å²) in [5, 5.41) is 2.99. The third kappa shape index (κ3) is 1.35. The number of rotatable bonds is 2. The molecule has 3 aliphatic rings.